The van der Waals surface area contributed by atoms with E-state index >= 15 is 0 Å². The molecule has 0 saturated carbocycles. The Bertz CT molecular complexity index is 739. The molecule has 2 atom stereocenters. The van der Waals surface area contributed by atoms with Crippen molar-refractivity contribution in [2.75, 3.05) is 6.61 Å². The number of unbranched alkanes of at least 4 members (excludes halogenated alkanes) is 39. The van der Waals surface area contributed by atoms with E-state index in [9.17, 15) is 15.0 Å². The van der Waals surface area contributed by atoms with E-state index in [0.717, 1.165) is 25.7 Å². The zero-order valence-corrected chi connectivity index (χ0v) is 37.0. The molecule has 0 spiro atoms. The number of hydrogen-bond acceptors (Lipinski definition) is 3. The van der Waals surface area contributed by atoms with Gasteiger partial charge in [0.15, 0.2) is 0 Å². The average Bonchev–Trinajstić information content (AvgIpc) is 3.18. The van der Waals surface area contributed by atoms with Crippen molar-refractivity contribution >= 4 is 5.91 Å². The molecule has 2 unspecified atom stereocenters. The zero-order valence-electron chi connectivity index (χ0n) is 37.0. The lowest BCUT2D eigenvalue weighted by Crippen LogP contribution is -2.45. The monoisotopic (exact) mass is 762 g/mol. The highest BCUT2D eigenvalue weighted by atomic mass is 16.3. The minimum absolute atomic E-state index is 0.0600. The van der Waals surface area contributed by atoms with E-state index in [1.165, 1.54) is 238 Å². The lowest BCUT2D eigenvalue weighted by Gasteiger charge is -2.20. The van der Waals surface area contributed by atoms with E-state index in [1.54, 1.807) is 6.08 Å². The van der Waals surface area contributed by atoms with Crippen LogP contribution >= 0.6 is 0 Å². The molecule has 0 aromatic carbocycles. The molecule has 1 amide bonds. The molecule has 3 N–H and O–H groups in total. The van der Waals surface area contributed by atoms with Crippen LogP contribution in [0.1, 0.15) is 284 Å². The fourth-order valence-corrected chi connectivity index (χ4v) is 7.95. The Morgan fingerprint density at radius 1 is 0.426 bits per heavy atom. The number of nitrogens with one attached hydrogen (secondary N) is 1. The summed E-state index contributed by atoms with van der Waals surface area (Å²) < 4.78 is 0. The highest BCUT2D eigenvalue weighted by molar-refractivity contribution is 5.76. The number of allylic oxidation sites excluding steroid dienone is 1. The first-order chi connectivity index (χ1) is 26.7. The Balaban J connectivity index is 3.36. The van der Waals surface area contributed by atoms with Crippen molar-refractivity contribution in [3.63, 3.8) is 0 Å². The first-order valence-electron chi connectivity index (χ1n) is 24.9. The second-order valence-corrected chi connectivity index (χ2v) is 17.2. The van der Waals surface area contributed by atoms with Gasteiger partial charge in [0.1, 0.15) is 0 Å². The topological polar surface area (TPSA) is 69.6 Å². The predicted molar refractivity (Wildman–Crippen MR) is 239 cm³/mol. The van der Waals surface area contributed by atoms with Gasteiger partial charge in [0.25, 0.3) is 0 Å². The molecular formula is C50H99NO3. The second-order valence-electron chi connectivity index (χ2n) is 17.2. The third kappa shape index (κ3) is 42.3. The molecule has 0 aliphatic heterocycles. The summed E-state index contributed by atoms with van der Waals surface area (Å²) in [7, 11) is 0. The smallest absolute Gasteiger partial charge is 0.220 e. The molecule has 0 aliphatic rings. The largest absolute Gasteiger partial charge is 0.394 e. The third-order valence-corrected chi connectivity index (χ3v) is 11.8. The van der Waals surface area contributed by atoms with E-state index in [0.29, 0.717) is 6.42 Å². The molecule has 322 valence electrons. The van der Waals surface area contributed by atoms with Crippen LogP contribution < -0.4 is 5.32 Å². The molecule has 0 fully saturated rings. The molecule has 4 nitrogen and oxygen atoms in total. The number of carbonyl (C=O) groups excluding carboxylic acids is 1. The van der Waals surface area contributed by atoms with Gasteiger partial charge in [-0.15, -0.1) is 0 Å². The van der Waals surface area contributed by atoms with Gasteiger partial charge in [-0.3, -0.25) is 4.79 Å². The van der Waals surface area contributed by atoms with Crippen LogP contribution in [0, 0.1) is 0 Å². The first-order valence-corrected chi connectivity index (χ1v) is 24.9. The second kappa shape index (κ2) is 46.5. The van der Waals surface area contributed by atoms with Gasteiger partial charge in [0.2, 0.25) is 5.91 Å². The van der Waals surface area contributed by atoms with Crippen LogP contribution in [0.5, 0.6) is 0 Å². The van der Waals surface area contributed by atoms with Gasteiger partial charge in [-0.25, -0.2) is 0 Å². The van der Waals surface area contributed by atoms with Crippen LogP contribution in [0.3, 0.4) is 0 Å². The van der Waals surface area contributed by atoms with Gasteiger partial charge in [0, 0.05) is 6.42 Å². The third-order valence-electron chi connectivity index (χ3n) is 11.8. The Kier molecular flexibility index (Phi) is 45.8. The minimum atomic E-state index is -0.832. The molecular weight excluding hydrogens is 663 g/mol. The van der Waals surface area contributed by atoms with E-state index in [1.807, 2.05) is 6.08 Å². The van der Waals surface area contributed by atoms with Gasteiger partial charge in [-0.2, -0.15) is 0 Å². The fourth-order valence-electron chi connectivity index (χ4n) is 7.95. The van der Waals surface area contributed by atoms with Crippen molar-refractivity contribution in [2.24, 2.45) is 0 Å². The number of carbonyl (C=O) groups is 1. The summed E-state index contributed by atoms with van der Waals surface area (Å²) in [5.41, 5.74) is 0. The first kappa shape index (κ1) is 53.1. The van der Waals surface area contributed by atoms with E-state index in [4.69, 9.17) is 0 Å². The molecule has 0 rings (SSSR count). The Morgan fingerprint density at radius 2 is 0.685 bits per heavy atom. The summed E-state index contributed by atoms with van der Waals surface area (Å²) in [4.78, 5) is 12.4. The highest BCUT2D eigenvalue weighted by Gasteiger charge is 2.18. The van der Waals surface area contributed by atoms with Gasteiger partial charge in [-0.05, 0) is 19.3 Å². The van der Waals surface area contributed by atoms with Gasteiger partial charge < -0.3 is 15.5 Å². The molecule has 0 aromatic heterocycles. The predicted octanol–water partition coefficient (Wildman–Crippen LogP) is 15.8. The maximum absolute atomic E-state index is 12.4. The molecule has 0 aromatic rings. The Labute approximate surface area is 339 Å². The zero-order chi connectivity index (χ0) is 39.3. The quantitative estimate of drug-likeness (QED) is 0.0427. The van der Waals surface area contributed by atoms with Crippen LogP contribution in [0.25, 0.3) is 0 Å². The van der Waals surface area contributed by atoms with Crippen molar-refractivity contribution in [3.8, 4) is 0 Å². The molecule has 54 heavy (non-hydrogen) atoms. The summed E-state index contributed by atoms with van der Waals surface area (Å²) in [6.45, 7) is 4.31. The van der Waals surface area contributed by atoms with E-state index in [-0.39, 0.29) is 12.5 Å². The molecule has 4 heteroatoms. The molecule has 0 radical (unpaired) electrons. The van der Waals surface area contributed by atoms with Crippen LogP contribution in [0.2, 0.25) is 0 Å². The van der Waals surface area contributed by atoms with Gasteiger partial charge in [-0.1, -0.05) is 270 Å². The molecule has 0 aliphatic carbocycles. The van der Waals surface area contributed by atoms with Crippen molar-refractivity contribution in [3.05, 3.63) is 12.2 Å². The van der Waals surface area contributed by atoms with Crippen molar-refractivity contribution in [2.45, 2.75) is 296 Å². The lowest BCUT2D eigenvalue weighted by molar-refractivity contribution is -0.123. The number of rotatable bonds is 46. The normalized spacial score (nSPS) is 12.9. The number of hydrogen-bond donors (Lipinski definition) is 3. The fraction of sp³-hybridized carbons (Fsp3) is 0.940. The summed E-state index contributed by atoms with van der Waals surface area (Å²) in [6, 6.07) is -0.615. The average molecular weight is 762 g/mol. The highest BCUT2D eigenvalue weighted by Crippen LogP contribution is 2.17. The van der Waals surface area contributed by atoms with E-state index < -0.39 is 12.1 Å². The molecule has 0 saturated heterocycles. The van der Waals surface area contributed by atoms with Crippen LogP contribution in [-0.4, -0.2) is 34.9 Å². The Morgan fingerprint density at radius 3 is 0.963 bits per heavy atom. The number of amides is 1. The maximum Gasteiger partial charge on any atom is 0.220 e. The van der Waals surface area contributed by atoms with Gasteiger partial charge in [0.05, 0.1) is 18.8 Å². The standard InChI is InChI=1S/C50H99NO3/c1-3-5-7-9-11-13-15-16-17-18-19-20-21-22-23-24-25-26-27-28-29-30-31-32-33-34-35-36-38-40-42-44-46-50(54)51-48(47-52)49(53)45-43-41-39-37-14-12-10-8-6-4-2/h43,45,48-49,52-53H,3-42,44,46-47H2,1-2H3,(H,51,54)/b45-43+. The summed E-state index contributed by atoms with van der Waals surface area (Å²) in [5, 5.41) is 22.9. The minimum Gasteiger partial charge on any atom is -0.394 e. The number of aliphatic hydroxyl groups excluding tert-OH is 2. The van der Waals surface area contributed by atoms with Crippen molar-refractivity contribution in [1.82, 2.24) is 5.32 Å². The summed E-state index contributed by atoms with van der Waals surface area (Å²) >= 11 is 0. The van der Waals surface area contributed by atoms with Crippen LogP contribution in [0.15, 0.2) is 12.2 Å². The molecule has 0 heterocycles. The summed E-state index contributed by atoms with van der Waals surface area (Å²) in [6.07, 6.45) is 59.4. The Hall–Kier alpha value is -0.870. The van der Waals surface area contributed by atoms with Crippen LogP contribution in [0.4, 0.5) is 0 Å². The number of aliphatic hydroxyl groups is 2. The maximum atomic E-state index is 12.4. The van der Waals surface area contributed by atoms with Crippen molar-refractivity contribution < 1.29 is 15.0 Å². The van der Waals surface area contributed by atoms with Gasteiger partial charge >= 0.3 is 0 Å². The van der Waals surface area contributed by atoms with E-state index in [2.05, 4.69) is 19.2 Å². The van der Waals surface area contributed by atoms with Crippen molar-refractivity contribution in [1.29, 1.82) is 0 Å². The SMILES string of the molecule is CCCCCCCCCC/C=C/C(O)C(CO)NC(=O)CCCCCCCCCCCCCCCCCCCCCCCCCCCCCCCCCC. The summed E-state index contributed by atoms with van der Waals surface area (Å²) in [5.74, 6) is -0.0600. The molecule has 0 bridgehead atoms. The lowest BCUT2D eigenvalue weighted by atomic mass is 10.0. The van der Waals surface area contributed by atoms with Crippen LogP contribution in [-0.2, 0) is 4.79 Å².